The molecule has 6 rings (SSSR count). The highest BCUT2D eigenvalue weighted by atomic mass is 32.1. The van der Waals surface area contributed by atoms with Gasteiger partial charge in [-0.05, 0) is 56.1 Å². The molecule has 112 valence electrons. The second-order valence-electron chi connectivity index (χ2n) is 6.90. The Morgan fingerprint density at radius 1 is 1.36 bits per heavy atom. The van der Waals surface area contributed by atoms with Gasteiger partial charge in [0.15, 0.2) is 0 Å². The van der Waals surface area contributed by atoms with Crippen molar-refractivity contribution in [2.75, 3.05) is 0 Å². The van der Waals surface area contributed by atoms with Gasteiger partial charge < -0.3 is 5.32 Å². The Hall–Kier alpha value is -1.75. The van der Waals surface area contributed by atoms with Crippen LogP contribution in [-0.2, 0) is 0 Å². The fraction of sp³-hybridized carbons (Fsp3) is 0.471. The summed E-state index contributed by atoms with van der Waals surface area (Å²) in [5.74, 6) is 2.43. The standard InChI is InChI=1S/C17H17N3OS/c1-9-14(22-16(19-9)13-4-2-3-5-18-13)15(21)20-17-8-10-6-11(17)12(17)7-10/h2-5,10-12H,6-8H2,1H3,(H,20,21). The molecule has 0 aromatic carbocycles. The van der Waals surface area contributed by atoms with E-state index in [-0.39, 0.29) is 11.4 Å². The van der Waals surface area contributed by atoms with Crippen molar-refractivity contribution >= 4 is 17.2 Å². The quantitative estimate of drug-likeness (QED) is 0.948. The van der Waals surface area contributed by atoms with E-state index < -0.39 is 0 Å². The summed E-state index contributed by atoms with van der Waals surface area (Å²) in [6.45, 7) is 1.91. The van der Waals surface area contributed by atoms with Crippen molar-refractivity contribution in [3.63, 3.8) is 0 Å². The summed E-state index contributed by atoms with van der Waals surface area (Å²) in [5.41, 5.74) is 1.78. The van der Waals surface area contributed by atoms with Crippen LogP contribution >= 0.6 is 11.3 Å². The van der Waals surface area contributed by atoms with E-state index in [1.54, 1.807) is 6.20 Å². The Labute approximate surface area is 133 Å². The lowest BCUT2D eigenvalue weighted by Gasteiger charge is -2.13. The molecule has 22 heavy (non-hydrogen) atoms. The van der Waals surface area contributed by atoms with Crippen molar-refractivity contribution in [3.05, 3.63) is 35.0 Å². The molecule has 4 nitrogen and oxygen atoms in total. The van der Waals surface area contributed by atoms with Gasteiger partial charge in [0, 0.05) is 11.7 Å². The van der Waals surface area contributed by atoms with E-state index in [1.807, 2.05) is 25.1 Å². The molecule has 4 aliphatic rings. The molecule has 4 aliphatic carbocycles. The van der Waals surface area contributed by atoms with Crippen LogP contribution in [0.5, 0.6) is 0 Å². The average Bonchev–Trinajstić information content (AvgIpc) is 3.08. The monoisotopic (exact) mass is 311 g/mol. The number of carbonyl (C=O) groups excluding carboxylic acids is 1. The normalized spacial score (nSPS) is 34.0. The van der Waals surface area contributed by atoms with Gasteiger partial charge >= 0.3 is 0 Å². The summed E-state index contributed by atoms with van der Waals surface area (Å²) >= 11 is 1.45. The van der Waals surface area contributed by atoms with Gasteiger partial charge in [-0.2, -0.15) is 0 Å². The fourth-order valence-corrected chi connectivity index (χ4v) is 5.76. The van der Waals surface area contributed by atoms with E-state index in [1.165, 1.54) is 30.6 Å². The minimum Gasteiger partial charge on any atom is -0.345 e. The van der Waals surface area contributed by atoms with Crippen LogP contribution in [0, 0.1) is 24.7 Å². The van der Waals surface area contributed by atoms with E-state index in [0.717, 1.165) is 39.0 Å². The van der Waals surface area contributed by atoms with E-state index in [4.69, 9.17) is 0 Å². The molecule has 2 aromatic heterocycles. The highest BCUT2D eigenvalue weighted by molar-refractivity contribution is 7.17. The zero-order valence-electron chi connectivity index (χ0n) is 12.4. The van der Waals surface area contributed by atoms with Gasteiger partial charge in [-0.15, -0.1) is 11.3 Å². The number of pyridine rings is 1. The number of rotatable bonds is 3. The van der Waals surface area contributed by atoms with Gasteiger partial charge in [-0.3, -0.25) is 9.78 Å². The van der Waals surface area contributed by atoms with E-state index in [0.29, 0.717) is 0 Å². The summed E-state index contributed by atoms with van der Waals surface area (Å²) in [6, 6.07) is 5.76. The maximum absolute atomic E-state index is 12.7. The lowest BCUT2D eigenvalue weighted by molar-refractivity contribution is 0.0932. The Bertz CT molecular complexity index is 757. The number of amides is 1. The number of aryl methyl sites for hydroxylation is 1. The third-order valence-corrected chi connectivity index (χ3v) is 6.91. The summed E-state index contributed by atoms with van der Waals surface area (Å²) in [7, 11) is 0. The van der Waals surface area contributed by atoms with Crippen molar-refractivity contribution in [2.45, 2.75) is 31.7 Å². The van der Waals surface area contributed by atoms with E-state index >= 15 is 0 Å². The molecule has 1 amide bonds. The number of hydrogen-bond donors (Lipinski definition) is 1. The topological polar surface area (TPSA) is 54.9 Å². The molecule has 2 atom stereocenters. The zero-order valence-corrected chi connectivity index (χ0v) is 13.2. The minimum absolute atomic E-state index is 0.0623. The molecule has 5 heteroatoms. The number of aromatic nitrogens is 2. The third kappa shape index (κ3) is 1.60. The molecule has 1 N–H and O–H groups in total. The lowest BCUT2D eigenvalue weighted by atomic mass is 10.1. The Morgan fingerprint density at radius 3 is 2.82 bits per heavy atom. The van der Waals surface area contributed by atoms with Crippen molar-refractivity contribution in [1.29, 1.82) is 0 Å². The van der Waals surface area contributed by atoms with Crippen molar-refractivity contribution in [3.8, 4) is 10.7 Å². The molecule has 4 saturated carbocycles. The molecule has 0 spiro atoms. The second-order valence-corrected chi connectivity index (χ2v) is 7.90. The van der Waals surface area contributed by atoms with Crippen LogP contribution in [0.4, 0.5) is 0 Å². The number of hydrogen-bond acceptors (Lipinski definition) is 4. The van der Waals surface area contributed by atoms with Crippen LogP contribution in [0.25, 0.3) is 10.7 Å². The van der Waals surface area contributed by atoms with Crippen LogP contribution in [0.1, 0.15) is 34.6 Å². The van der Waals surface area contributed by atoms with Crippen LogP contribution in [-0.4, -0.2) is 21.4 Å². The van der Waals surface area contributed by atoms with Crippen molar-refractivity contribution < 1.29 is 4.79 Å². The SMILES string of the molecule is Cc1nc(-c2ccccn2)sc1C(=O)NC12CC3CC1C2C3. The van der Waals surface area contributed by atoms with Crippen molar-refractivity contribution in [2.24, 2.45) is 17.8 Å². The maximum atomic E-state index is 12.7. The Balaban J connectivity index is 1.42. The molecule has 0 radical (unpaired) electrons. The van der Waals surface area contributed by atoms with E-state index in [2.05, 4.69) is 15.3 Å². The van der Waals surface area contributed by atoms with E-state index in [9.17, 15) is 4.79 Å². The summed E-state index contributed by atoms with van der Waals surface area (Å²) in [5, 5.41) is 4.18. The van der Waals surface area contributed by atoms with Gasteiger partial charge in [0.25, 0.3) is 5.91 Å². The minimum atomic E-state index is 0.0623. The number of nitrogens with zero attached hydrogens (tertiary/aromatic N) is 2. The molecule has 4 bridgehead atoms. The van der Waals surface area contributed by atoms with Gasteiger partial charge in [-0.1, -0.05) is 6.07 Å². The molecular weight excluding hydrogens is 294 g/mol. The summed E-state index contributed by atoms with van der Waals surface area (Å²) in [4.78, 5) is 22.3. The number of carbonyl (C=O) groups is 1. The smallest absolute Gasteiger partial charge is 0.263 e. The number of nitrogens with one attached hydrogen (secondary N) is 1. The number of thiazole rings is 1. The first kappa shape index (κ1) is 12.8. The van der Waals surface area contributed by atoms with Gasteiger partial charge in [0.1, 0.15) is 9.88 Å². The summed E-state index contributed by atoms with van der Waals surface area (Å²) < 4.78 is 0. The lowest BCUT2D eigenvalue weighted by Crippen LogP contribution is -2.37. The van der Waals surface area contributed by atoms with Crippen LogP contribution in [0.3, 0.4) is 0 Å². The van der Waals surface area contributed by atoms with Gasteiger partial charge in [0.2, 0.25) is 0 Å². The molecule has 0 aliphatic heterocycles. The Morgan fingerprint density at radius 2 is 2.18 bits per heavy atom. The van der Waals surface area contributed by atoms with Crippen molar-refractivity contribution in [1.82, 2.24) is 15.3 Å². The molecule has 0 saturated heterocycles. The molecule has 2 heterocycles. The molecule has 4 fully saturated rings. The maximum Gasteiger partial charge on any atom is 0.263 e. The first-order valence-corrected chi connectivity index (χ1v) is 8.70. The predicted octanol–water partition coefficient (Wildman–Crippen LogP) is 3.04. The zero-order chi connectivity index (χ0) is 14.9. The highest BCUT2D eigenvalue weighted by Crippen LogP contribution is 2.73. The largest absolute Gasteiger partial charge is 0.345 e. The second kappa shape index (κ2) is 4.16. The molecule has 2 unspecified atom stereocenters. The first-order chi connectivity index (χ1) is 10.7. The van der Waals surface area contributed by atoms with Gasteiger partial charge in [-0.25, -0.2) is 4.98 Å². The fourth-order valence-electron chi connectivity index (χ4n) is 4.83. The van der Waals surface area contributed by atoms with Crippen LogP contribution < -0.4 is 5.32 Å². The van der Waals surface area contributed by atoms with Crippen LogP contribution in [0.15, 0.2) is 24.4 Å². The highest BCUT2D eigenvalue weighted by Gasteiger charge is 2.75. The molecule has 2 aromatic rings. The molecular formula is C17H17N3OS. The summed E-state index contributed by atoms with van der Waals surface area (Å²) in [6.07, 6.45) is 5.60. The third-order valence-electron chi connectivity index (χ3n) is 5.73. The van der Waals surface area contributed by atoms with Crippen LogP contribution in [0.2, 0.25) is 0 Å². The first-order valence-electron chi connectivity index (χ1n) is 7.89. The average molecular weight is 311 g/mol. The predicted molar refractivity (Wildman–Crippen MR) is 84.6 cm³/mol. The van der Waals surface area contributed by atoms with Gasteiger partial charge in [0.05, 0.1) is 11.4 Å². The Kier molecular flexibility index (Phi) is 2.41.